The van der Waals surface area contributed by atoms with E-state index in [1.807, 2.05) is 6.92 Å². The molecule has 0 aliphatic heterocycles. The molecule has 3 aromatic rings. The normalized spacial score (nSPS) is 12.0. The van der Waals surface area contributed by atoms with Crippen molar-refractivity contribution in [2.75, 3.05) is 17.4 Å². The standard InChI is InChI=1S/C29H31Cl4N3O4S/c1-3-5-16-34-29(38)26(4-2)35(18-22-23(31)12-9-13-24(22)32)28(37)19-36(27-17-20(30)14-15-25(27)33)41(39,40)21-10-7-6-8-11-21/h6-15,17,26H,3-5,16,18-19H2,1-2H3,(H,34,38). The van der Waals surface area contributed by atoms with Crippen molar-refractivity contribution in [2.24, 2.45) is 0 Å². The van der Waals surface area contributed by atoms with Crippen molar-refractivity contribution in [3.8, 4) is 0 Å². The number of hydrogen-bond acceptors (Lipinski definition) is 4. The van der Waals surface area contributed by atoms with Gasteiger partial charge in [-0.05, 0) is 55.3 Å². The van der Waals surface area contributed by atoms with Crippen LogP contribution in [0.2, 0.25) is 20.1 Å². The highest BCUT2D eigenvalue weighted by atomic mass is 35.5. The number of carbonyl (C=O) groups is 2. The van der Waals surface area contributed by atoms with Gasteiger partial charge < -0.3 is 10.2 Å². The van der Waals surface area contributed by atoms with Gasteiger partial charge in [-0.2, -0.15) is 0 Å². The van der Waals surface area contributed by atoms with Crippen LogP contribution in [0.5, 0.6) is 0 Å². The lowest BCUT2D eigenvalue weighted by atomic mass is 10.1. The third-order valence-electron chi connectivity index (χ3n) is 6.39. The van der Waals surface area contributed by atoms with Crippen LogP contribution in [0.25, 0.3) is 0 Å². The zero-order valence-corrected chi connectivity index (χ0v) is 26.5. The molecule has 0 radical (unpaired) electrons. The molecular formula is C29H31Cl4N3O4S. The lowest BCUT2D eigenvalue weighted by molar-refractivity contribution is -0.140. The molecule has 1 unspecified atom stereocenters. The molecule has 41 heavy (non-hydrogen) atoms. The molecule has 0 aliphatic carbocycles. The zero-order valence-electron chi connectivity index (χ0n) is 22.6. The number of hydrogen-bond donors (Lipinski definition) is 1. The van der Waals surface area contributed by atoms with E-state index in [-0.39, 0.29) is 39.5 Å². The fraction of sp³-hybridized carbons (Fsp3) is 0.310. The highest BCUT2D eigenvalue weighted by Gasteiger charge is 2.35. The summed E-state index contributed by atoms with van der Waals surface area (Å²) >= 11 is 25.5. The summed E-state index contributed by atoms with van der Waals surface area (Å²) in [7, 11) is -4.29. The summed E-state index contributed by atoms with van der Waals surface area (Å²) in [6.45, 7) is 3.41. The smallest absolute Gasteiger partial charge is 0.264 e. The van der Waals surface area contributed by atoms with Crippen molar-refractivity contribution >= 4 is 73.9 Å². The molecule has 0 heterocycles. The van der Waals surface area contributed by atoms with Gasteiger partial charge in [-0.3, -0.25) is 13.9 Å². The van der Waals surface area contributed by atoms with E-state index in [0.717, 1.165) is 17.1 Å². The van der Waals surface area contributed by atoms with Crippen LogP contribution in [-0.2, 0) is 26.2 Å². The summed E-state index contributed by atoms with van der Waals surface area (Å²) in [4.78, 5) is 28.7. The van der Waals surface area contributed by atoms with Crippen LogP contribution < -0.4 is 9.62 Å². The Morgan fingerprint density at radius 2 is 1.54 bits per heavy atom. The second-order valence-corrected chi connectivity index (χ2v) is 12.7. The number of benzene rings is 3. The van der Waals surface area contributed by atoms with Crippen LogP contribution in [0.15, 0.2) is 71.6 Å². The average Bonchev–Trinajstić information content (AvgIpc) is 2.95. The molecule has 2 amide bonds. The third kappa shape index (κ3) is 8.30. The first-order valence-corrected chi connectivity index (χ1v) is 16.0. The Balaban J connectivity index is 2.10. The van der Waals surface area contributed by atoms with Gasteiger partial charge in [0, 0.05) is 33.7 Å². The van der Waals surface area contributed by atoms with Gasteiger partial charge in [0.25, 0.3) is 10.0 Å². The summed E-state index contributed by atoms with van der Waals surface area (Å²) in [5, 5.41) is 3.79. The minimum atomic E-state index is -4.29. The van der Waals surface area contributed by atoms with Crippen molar-refractivity contribution in [3.05, 3.63) is 92.4 Å². The molecule has 0 saturated carbocycles. The SMILES string of the molecule is CCCCNC(=O)C(CC)N(Cc1c(Cl)cccc1Cl)C(=O)CN(c1cc(Cl)ccc1Cl)S(=O)(=O)c1ccccc1. The number of unbranched alkanes of at least 4 members (excludes halogenated alkanes) is 1. The van der Waals surface area contributed by atoms with E-state index in [1.165, 1.54) is 35.2 Å². The van der Waals surface area contributed by atoms with Gasteiger partial charge in [-0.1, -0.05) is 90.9 Å². The van der Waals surface area contributed by atoms with Crippen molar-refractivity contribution in [1.82, 2.24) is 10.2 Å². The zero-order chi connectivity index (χ0) is 30.2. The predicted octanol–water partition coefficient (Wildman–Crippen LogP) is 7.22. The minimum Gasteiger partial charge on any atom is -0.354 e. The van der Waals surface area contributed by atoms with Crippen LogP contribution >= 0.6 is 46.4 Å². The van der Waals surface area contributed by atoms with E-state index in [9.17, 15) is 18.0 Å². The van der Waals surface area contributed by atoms with Crippen molar-refractivity contribution in [2.45, 2.75) is 50.6 Å². The Morgan fingerprint density at radius 3 is 2.15 bits per heavy atom. The molecule has 3 aromatic carbocycles. The monoisotopic (exact) mass is 657 g/mol. The molecule has 0 fully saturated rings. The Kier molecular flexibility index (Phi) is 12.2. The maximum absolute atomic E-state index is 14.1. The number of halogens is 4. The topological polar surface area (TPSA) is 86.8 Å². The largest absolute Gasteiger partial charge is 0.354 e. The highest BCUT2D eigenvalue weighted by molar-refractivity contribution is 7.92. The van der Waals surface area contributed by atoms with Crippen LogP contribution in [0.3, 0.4) is 0 Å². The van der Waals surface area contributed by atoms with E-state index >= 15 is 0 Å². The summed E-state index contributed by atoms with van der Waals surface area (Å²) in [6.07, 6.45) is 1.90. The summed E-state index contributed by atoms with van der Waals surface area (Å²) < 4.78 is 28.7. The quantitative estimate of drug-likeness (QED) is 0.197. The number of carbonyl (C=O) groups excluding carboxylic acids is 2. The number of nitrogens with zero attached hydrogens (tertiary/aromatic N) is 2. The van der Waals surface area contributed by atoms with E-state index < -0.39 is 28.5 Å². The molecule has 12 heteroatoms. The lowest BCUT2D eigenvalue weighted by Gasteiger charge is -2.33. The van der Waals surface area contributed by atoms with Crippen LogP contribution in [-0.4, -0.2) is 44.3 Å². The molecule has 3 rings (SSSR count). The fourth-order valence-electron chi connectivity index (χ4n) is 4.19. The minimum absolute atomic E-state index is 0.0209. The summed E-state index contributed by atoms with van der Waals surface area (Å²) in [5.74, 6) is -1.02. The average molecular weight is 659 g/mol. The molecule has 7 nitrogen and oxygen atoms in total. The molecule has 1 N–H and O–H groups in total. The molecular weight excluding hydrogens is 628 g/mol. The first-order chi connectivity index (χ1) is 19.5. The van der Waals surface area contributed by atoms with Crippen LogP contribution in [0.4, 0.5) is 5.69 Å². The van der Waals surface area contributed by atoms with Crippen LogP contribution in [0, 0.1) is 0 Å². The maximum atomic E-state index is 14.1. The van der Waals surface area contributed by atoms with Gasteiger partial charge >= 0.3 is 0 Å². The first-order valence-electron chi connectivity index (χ1n) is 13.0. The summed E-state index contributed by atoms with van der Waals surface area (Å²) in [5.41, 5.74) is 0.454. The number of sulfonamides is 1. The number of amides is 2. The third-order valence-corrected chi connectivity index (χ3v) is 9.43. The van der Waals surface area contributed by atoms with E-state index in [4.69, 9.17) is 46.4 Å². The molecule has 0 spiro atoms. The van der Waals surface area contributed by atoms with E-state index in [2.05, 4.69) is 5.32 Å². The van der Waals surface area contributed by atoms with Gasteiger partial charge in [0.15, 0.2) is 0 Å². The Labute approximate surface area is 261 Å². The van der Waals surface area contributed by atoms with Gasteiger partial charge in [-0.25, -0.2) is 8.42 Å². The second-order valence-electron chi connectivity index (χ2n) is 9.21. The Hall–Kier alpha value is -2.49. The number of nitrogens with one attached hydrogen (secondary N) is 1. The van der Waals surface area contributed by atoms with E-state index in [0.29, 0.717) is 22.2 Å². The second kappa shape index (κ2) is 15.1. The molecule has 220 valence electrons. The maximum Gasteiger partial charge on any atom is 0.264 e. The van der Waals surface area contributed by atoms with E-state index in [1.54, 1.807) is 43.3 Å². The molecule has 0 bridgehead atoms. The van der Waals surface area contributed by atoms with Crippen molar-refractivity contribution in [3.63, 3.8) is 0 Å². The highest BCUT2D eigenvalue weighted by Crippen LogP contribution is 2.34. The number of anilines is 1. The van der Waals surface area contributed by atoms with Crippen LogP contribution in [0.1, 0.15) is 38.7 Å². The summed E-state index contributed by atoms with van der Waals surface area (Å²) in [6, 6.07) is 16.0. The molecule has 0 aliphatic rings. The number of rotatable bonds is 13. The van der Waals surface area contributed by atoms with Gasteiger partial charge in [-0.15, -0.1) is 0 Å². The Morgan fingerprint density at radius 1 is 0.878 bits per heavy atom. The Bertz CT molecular complexity index is 1450. The van der Waals surface area contributed by atoms with Crippen molar-refractivity contribution < 1.29 is 18.0 Å². The first kappa shape index (κ1) is 33.0. The lowest BCUT2D eigenvalue weighted by Crippen LogP contribution is -2.52. The molecule has 0 aromatic heterocycles. The molecule has 1 atom stereocenters. The molecule has 0 saturated heterocycles. The van der Waals surface area contributed by atoms with Gasteiger partial charge in [0.2, 0.25) is 11.8 Å². The predicted molar refractivity (Wildman–Crippen MR) is 166 cm³/mol. The van der Waals surface area contributed by atoms with Gasteiger partial charge in [0.05, 0.1) is 15.6 Å². The van der Waals surface area contributed by atoms with Crippen molar-refractivity contribution in [1.29, 1.82) is 0 Å². The fourth-order valence-corrected chi connectivity index (χ4v) is 6.59. The van der Waals surface area contributed by atoms with Gasteiger partial charge in [0.1, 0.15) is 12.6 Å².